The minimum atomic E-state index is -4.18. The molecule has 0 radical (unpaired) electrons. The molecule has 0 amide bonds. The first kappa shape index (κ1) is 33.1. The predicted octanol–water partition coefficient (Wildman–Crippen LogP) is 7.08. The second-order valence-electron chi connectivity index (χ2n) is 12.0. The van der Waals surface area contributed by atoms with Gasteiger partial charge in [0.05, 0.1) is 12.9 Å². The fourth-order valence-electron chi connectivity index (χ4n) is 6.58. The molecule has 0 aliphatic carbocycles. The molecule has 210 valence electrons. The van der Waals surface area contributed by atoms with Gasteiger partial charge in [0.2, 0.25) is 14.6 Å². The minimum absolute atomic E-state index is 0.0604. The summed E-state index contributed by atoms with van der Waals surface area (Å²) in [5.41, 5.74) is 0.938. The van der Waals surface area contributed by atoms with Crippen molar-refractivity contribution < 1.29 is 35.0 Å². The summed E-state index contributed by atoms with van der Waals surface area (Å²) in [5, 5.41) is 0. The molecule has 11 heteroatoms. The summed E-state index contributed by atoms with van der Waals surface area (Å²) in [6.07, 6.45) is -4.31. The first-order valence-corrected chi connectivity index (χ1v) is 19.0. The Morgan fingerprint density at radius 2 is 1.14 bits per heavy atom. The highest BCUT2D eigenvalue weighted by molar-refractivity contribution is 7.86. The molecule has 1 heterocycles. The predicted molar refractivity (Wildman–Crippen MR) is 142 cm³/mol. The first-order valence-electron chi connectivity index (χ1n) is 12.9. The van der Waals surface area contributed by atoms with E-state index in [1.165, 1.54) is 0 Å². The third kappa shape index (κ3) is 6.75. The summed E-state index contributed by atoms with van der Waals surface area (Å²) < 4.78 is 78.7. The molecule has 6 nitrogen and oxygen atoms in total. The van der Waals surface area contributed by atoms with Crippen molar-refractivity contribution in [1.29, 1.82) is 0 Å². The van der Waals surface area contributed by atoms with Crippen LogP contribution in [0, 0.1) is 0 Å². The molecule has 0 aromatic rings. The maximum absolute atomic E-state index is 15.8. The number of hydrogen-bond acceptors (Lipinski definition) is 6. The molecule has 1 fully saturated rings. The van der Waals surface area contributed by atoms with Gasteiger partial charge in [0, 0.05) is 0 Å². The molecule has 0 unspecified atom stereocenters. The molecule has 3 atom stereocenters. The van der Waals surface area contributed by atoms with E-state index in [1.807, 2.05) is 41.5 Å². The van der Waals surface area contributed by atoms with Gasteiger partial charge in [0.1, 0.15) is 12.2 Å². The SMILES string of the molecule is CC(C)[Si](OC[C@H]1O[C@H](OS(C)(=O)=O)C(F)(F)[C@@H]1O[Si](C(C)C)(C(C)C)C(C)C)(C(C)C)C(C)C. The van der Waals surface area contributed by atoms with Gasteiger partial charge in [0.15, 0.2) is 8.32 Å². The molecule has 1 aliphatic heterocycles. The van der Waals surface area contributed by atoms with Crippen molar-refractivity contribution in [3.05, 3.63) is 0 Å². The summed E-state index contributed by atoms with van der Waals surface area (Å²) in [4.78, 5) is 0. The smallest absolute Gasteiger partial charge is 0.325 e. The van der Waals surface area contributed by atoms with Gasteiger partial charge in [0.25, 0.3) is 10.1 Å². The Kier molecular flexibility index (Phi) is 11.2. The molecule has 1 aliphatic rings. The van der Waals surface area contributed by atoms with Gasteiger partial charge in [-0.1, -0.05) is 83.1 Å². The number of halogens is 2. The van der Waals surface area contributed by atoms with Crippen LogP contribution in [0.3, 0.4) is 0 Å². The number of rotatable bonds is 13. The van der Waals surface area contributed by atoms with E-state index in [-0.39, 0.29) is 39.9 Å². The van der Waals surface area contributed by atoms with Gasteiger partial charge >= 0.3 is 5.92 Å². The Bertz CT molecular complexity index is 743. The molecular formula is C24H50F2O6SSi2. The van der Waals surface area contributed by atoms with Crippen molar-refractivity contribution >= 4 is 26.8 Å². The van der Waals surface area contributed by atoms with Crippen LogP contribution in [0.2, 0.25) is 33.2 Å². The Labute approximate surface area is 215 Å². The largest absolute Gasteiger partial charge is 0.413 e. The maximum atomic E-state index is 15.8. The molecule has 0 N–H and O–H groups in total. The third-order valence-corrected chi connectivity index (χ3v) is 20.5. The number of ether oxygens (including phenoxy) is 1. The van der Waals surface area contributed by atoms with E-state index in [1.54, 1.807) is 0 Å². The summed E-state index contributed by atoms with van der Waals surface area (Å²) in [5.74, 6) is -3.66. The molecule has 1 rings (SSSR count). The zero-order chi connectivity index (χ0) is 27.7. The van der Waals surface area contributed by atoms with Crippen LogP contribution in [-0.2, 0) is 27.9 Å². The van der Waals surface area contributed by atoms with Crippen molar-refractivity contribution in [2.24, 2.45) is 0 Å². The van der Waals surface area contributed by atoms with Gasteiger partial charge in [-0.2, -0.15) is 17.2 Å². The molecule has 35 heavy (non-hydrogen) atoms. The van der Waals surface area contributed by atoms with Crippen LogP contribution in [0.15, 0.2) is 0 Å². The van der Waals surface area contributed by atoms with Crippen molar-refractivity contribution in [2.45, 2.75) is 141 Å². The van der Waals surface area contributed by atoms with Crippen molar-refractivity contribution in [2.75, 3.05) is 12.9 Å². The lowest BCUT2D eigenvalue weighted by Crippen LogP contribution is -2.57. The van der Waals surface area contributed by atoms with Crippen LogP contribution in [-0.4, -0.2) is 62.3 Å². The van der Waals surface area contributed by atoms with E-state index in [9.17, 15) is 8.42 Å². The normalized spacial score (nSPS) is 24.2. The lowest BCUT2D eigenvalue weighted by molar-refractivity contribution is -0.181. The van der Waals surface area contributed by atoms with E-state index in [2.05, 4.69) is 41.5 Å². The molecule has 0 aromatic heterocycles. The number of hydrogen-bond donors (Lipinski definition) is 0. The second-order valence-corrected chi connectivity index (χ2v) is 24.4. The van der Waals surface area contributed by atoms with Gasteiger partial charge in [-0.3, -0.25) is 0 Å². The minimum Gasteiger partial charge on any atom is -0.413 e. The van der Waals surface area contributed by atoms with Crippen molar-refractivity contribution in [3.63, 3.8) is 0 Å². The fraction of sp³-hybridized carbons (Fsp3) is 1.00. The van der Waals surface area contributed by atoms with Crippen molar-refractivity contribution in [3.8, 4) is 0 Å². The maximum Gasteiger partial charge on any atom is 0.325 e. The van der Waals surface area contributed by atoms with Crippen LogP contribution >= 0.6 is 0 Å². The zero-order valence-electron chi connectivity index (χ0n) is 24.0. The summed E-state index contributed by atoms with van der Waals surface area (Å²) in [7, 11) is -9.34. The molecule has 1 saturated heterocycles. The average Bonchev–Trinajstić information content (AvgIpc) is 2.86. The van der Waals surface area contributed by atoms with Crippen LogP contribution < -0.4 is 0 Å². The zero-order valence-corrected chi connectivity index (χ0v) is 26.8. The highest BCUT2D eigenvalue weighted by atomic mass is 32.2. The van der Waals surface area contributed by atoms with E-state index in [4.69, 9.17) is 17.8 Å². The van der Waals surface area contributed by atoms with Crippen LogP contribution in [0.1, 0.15) is 83.1 Å². The third-order valence-electron chi connectivity index (χ3n) is 7.83. The second kappa shape index (κ2) is 11.9. The highest BCUT2D eigenvalue weighted by Crippen LogP contribution is 2.49. The Balaban J connectivity index is 3.53. The van der Waals surface area contributed by atoms with Crippen LogP contribution in [0.25, 0.3) is 0 Å². The molecule has 0 bridgehead atoms. The Hall–Kier alpha value is 0.0838. The fourth-order valence-corrected chi connectivity index (χ4v) is 18.1. The topological polar surface area (TPSA) is 71.1 Å². The summed E-state index contributed by atoms with van der Waals surface area (Å²) in [6, 6.07) is 0. The monoisotopic (exact) mass is 560 g/mol. The molecule has 0 aromatic carbocycles. The molecule has 0 spiro atoms. The molecule has 0 saturated carbocycles. The Morgan fingerprint density at radius 1 is 0.771 bits per heavy atom. The lowest BCUT2D eigenvalue weighted by Gasteiger charge is -2.46. The van der Waals surface area contributed by atoms with Gasteiger partial charge in [-0.05, 0) is 33.2 Å². The first-order chi connectivity index (χ1) is 15.7. The Morgan fingerprint density at radius 3 is 1.46 bits per heavy atom. The standard InChI is InChI=1S/C24H50F2O6SSi2/c1-15(2)34(16(3)4,17(5)6)29-14-21-22(24(25,26)23(30-21)31-33(13,27)28)32-35(18(7)8,19(9)10)20(11)12/h15-23H,14H2,1-13H3/t21-,22-,23-/m1/s1. The van der Waals surface area contributed by atoms with E-state index in [0.717, 1.165) is 6.26 Å². The van der Waals surface area contributed by atoms with Crippen LogP contribution in [0.5, 0.6) is 0 Å². The summed E-state index contributed by atoms with van der Waals surface area (Å²) >= 11 is 0. The van der Waals surface area contributed by atoms with Crippen LogP contribution in [0.4, 0.5) is 8.78 Å². The lowest BCUT2D eigenvalue weighted by atomic mass is 10.1. The van der Waals surface area contributed by atoms with Gasteiger partial charge < -0.3 is 13.6 Å². The van der Waals surface area contributed by atoms with Gasteiger partial charge in [-0.25, -0.2) is 4.18 Å². The average molecular weight is 561 g/mol. The van der Waals surface area contributed by atoms with E-state index >= 15 is 8.78 Å². The highest BCUT2D eigenvalue weighted by Gasteiger charge is 2.65. The van der Waals surface area contributed by atoms with Gasteiger partial charge in [-0.15, -0.1) is 0 Å². The van der Waals surface area contributed by atoms with E-state index in [0.29, 0.717) is 0 Å². The van der Waals surface area contributed by atoms with E-state index < -0.39 is 51.2 Å². The number of alkyl halides is 2. The summed E-state index contributed by atoms with van der Waals surface area (Å²) in [6.45, 7) is 24.7. The molecular weight excluding hydrogens is 510 g/mol. The quantitative estimate of drug-likeness (QED) is 0.177. The van der Waals surface area contributed by atoms with Crippen molar-refractivity contribution in [1.82, 2.24) is 0 Å².